The van der Waals surface area contributed by atoms with E-state index in [9.17, 15) is 0 Å². The van der Waals surface area contributed by atoms with Gasteiger partial charge in [-0.05, 0) is 24.4 Å². The standard InChI is InChI=1S/C12H11N5OS/c1-18-9-4-2-3-8-10(9)15-11(14-8)16-12(19)17-6-5-13-7-17/h2-7H,1H3,(H2,14,15,16,19). The Morgan fingerprint density at radius 2 is 2.37 bits per heavy atom. The Bertz CT molecular complexity index is 719. The number of methoxy groups -OCH3 is 1. The first kappa shape index (κ1) is 11.7. The summed E-state index contributed by atoms with van der Waals surface area (Å²) in [5, 5.41) is 3.51. The number of nitrogens with zero attached hydrogens (tertiary/aromatic N) is 3. The third-order valence-electron chi connectivity index (χ3n) is 2.66. The molecule has 6 nitrogen and oxygen atoms in total. The second kappa shape index (κ2) is 4.69. The number of hydrogen-bond acceptors (Lipinski definition) is 4. The lowest BCUT2D eigenvalue weighted by molar-refractivity contribution is 0.419. The first-order valence-corrected chi connectivity index (χ1v) is 6.01. The Kier molecular flexibility index (Phi) is 2.88. The average Bonchev–Trinajstić information content (AvgIpc) is 3.06. The number of rotatable bonds is 2. The molecule has 0 fully saturated rings. The van der Waals surface area contributed by atoms with Crippen LogP contribution in [0.2, 0.25) is 0 Å². The zero-order chi connectivity index (χ0) is 13.2. The van der Waals surface area contributed by atoms with E-state index in [-0.39, 0.29) is 0 Å². The van der Waals surface area contributed by atoms with E-state index in [0.717, 1.165) is 16.8 Å². The maximum atomic E-state index is 5.27. The number of benzene rings is 1. The summed E-state index contributed by atoms with van der Waals surface area (Å²) in [5.74, 6) is 1.31. The molecular weight excluding hydrogens is 262 g/mol. The molecule has 0 aliphatic carbocycles. The SMILES string of the molecule is COc1cccc2nc(NC(=S)n3ccnc3)[nH]c12. The highest BCUT2D eigenvalue weighted by atomic mass is 32.1. The predicted octanol–water partition coefficient (Wildman–Crippen LogP) is 2.01. The number of hydrogen-bond donors (Lipinski definition) is 2. The number of thiocarbonyl (C=S) groups is 1. The van der Waals surface area contributed by atoms with E-state index >= 15 is 0 Å². The summed E-state index contributed by atoms with van der Waals surface area (Å²) in [6.07, 6.45) is 5.05. The van der Waals surface area contributed by atoms with Crippen molar-refractivity contribution in [3.05, 3.63) is 36.9 Å². The molecular formula is C12H11N5OS. The van der Waals surface area contributed by atoms with Crippen molar-refractivity contribution in [1.82, 2.24) is 19.5 Å². The first-order valence-electron chi connectivity index (χ1n) is 5.60. The molecule has 0 saturated carbocycles. The van der Waals surface area contributed by atoms with Gasteiger partial charge < -0.3 is 15.0 Å². The number of aromatic amines is 1. The van der Waals surface area contributed by atoms with Gasteiger partial charge >= 0.3 is 0 Å². The molecule has 0 atom stereocenters. The fraction of sp³-hybridized carbons (Fsp3) is 0.0833. The fourth-order valence-corrected chi connectivity index (χ4v) is 1.98. The zero-order valence-corrected chi connectivity index (χ0v) is 10.9. The van der Waals surface area contributed by atoms with Crippen LogP contribution in [-0.4, -0.2) is 31.7 Å². The topological polar surface area (TPSA) is 67.8 Å². The molecule has 0 bridgehead atoms. The van der Waals surface area contributed by atoms with Gasteiger partial charge in [0.25, 0.3) is 0 Å². The van der Waals surface area contributed by atoms with Crippen LogP contribution in [0.4, 0.5) is 5.95 Å². The van der Waals surface area contributed by atoms with Crippen LogP contribution in [0.3, 0.4) is 0 Å². The molecule has 19 heavy (non-hydrogen) atoms. The van der Waals surface area contributed by atoms with Crippen LogP contribution in [0, 0.1) is 0 Å². The number of H-pyrrole nitrogens is 1. The van der Waals surface area contributed by atoms with Crippen molar-refractivity contribution in [2.45, 2.75) is 0 Å². The highest BCUT2D eigenvalue weighted by Crippen LogP contribution is 2.24. The number of fused-ring (bicyclic) bond motifs is 1. The van der Waals surface area contributed by atoms with E-state index in [4.69, 9.17) is 17.0 Å². The van der Waals surface area contributed by atoms with E-state index in [0.29, 0.717) is 11.1 Å². The minimum Gasteiger partial charge on any atom is -0.494 e. The number of aromatic nitrogens is 4. The quantitative estimate of drug-likeness (QED) is 0.699. The van der Waals surface area contributed by atoms with Crippen molar-refractivity contribution in [3.8, 4) is 5.75 Å². The van der Waals surface area contributed by atoms with Crippen LogP contribution < -0.4 is 10.1 Å². The number of ether oxygens (including phenoxy) is 1. The molecule has 0 unspecified atom stereocenters. The van der Waals surface area contributed by atoms with Gasteiger partial charge in [-0.25, -0.2) is 9.97 Å². The molecule has 0 aliphatic heterocycles. The minimum atomic E-state index is 0.496. The van der Waals surface area contributed by atoms with Gasteiger partial charge in [-0.1, -0.05) is 6.07 Å². The molecule has 0 aliphatic rings. The van der Waals surface area contributed by atoms with Gasteiger partial charge in [0.2, 0.25) is 5.95 Å². The van der Waals surface area contributed by atoms with Gasteiger partial charge in [0.1, 0.15) is 17.6 Å². The second-order valence-corrected chi connectivity index (χ2v) is 4.23. The van der Waals surface area contributed by atoms with Crippen LogP contribution in [0.25, 0.3) is 11.0 Å². The summed E-state index contributed by atoms with van der Waals surface area (Å²) in [7, 11) is 1.62. The Labute approximate surface area is 114 Å². The van der Waals surface area contributed by atoms with E-state index < -0.39 is 0 Å². The number of nitrogens with one attached hydrogen (secondary N) is 2. The summed E-state index contributed by atoms with van der Waals surface area (Å²) in [6.45, 7) is 0. The fourth-order valence-electron chi connectivity index (χ4n) is 1.78. The van der Waals surface area contributed by atoms with E-state index in [1.165, 1.54) is 0 Å². The maximum absolute atomic E-state index is 5.27. The Morgan fingerprint density at radius 1 is 1.47 bits per heavy atom. The molecule has 2 aromatic heterocycles. The molecule has 7 heteroatoms. The first-order chi connectivity index (χ1) is 9.28. The van der Waals surface area contributed by atoms with Crippen molar-refractivity contribution in [3.63, 3.8) is 0 Å². The van der Waals surface area contributed by atoms with Crippen LogP contribution >= 0.6 is 12.2 Å². The molecule has 3 aromatic rings. The van der Waals surface area contributed by atoms with Crippen LogP contribution in [0.15, 0.2) is 36.9 Å². The smallest absolute Gasteiger partial charge is 0.207 e. The molecule has 2 N–H and O–H groups in total. The molecule has 3 rings (SSSR count). The maximum Gasteiger partial charge on any atom is 0.207 e. The van der Waals surface area contributed by atoms with Gasteiger partial charge in [-0.15, -0.1) is 0 Å². The molecule has 2 heterocycles. The molecule has 0 spiro atoms. The van der Waals surface area contributed by atoms with Gasteiger partial charge in [-0.2, -0.15) is 0 Å². The summed E-state index contributed by atoms with van der Waals surface area (Å²) in [5.41, 5.74) is 1.65. The monoisotopic (exact) mass is 273 g/mol. The van der Waals surface area contributed by atoms with Gasteiger partial charge in [0, 0.05) is 12.4 Å². The Balaban J connectivity index is 1.92. The van der Waals surface area contributed by atoms with Gasteiger partial charge in [0.15, 0.2) is 5.11 Å². The summed E-state index contributed by atoms with van der Waals surface area (Å²) in [4.78, 5) is 11.5. The van der Waals surface area contributed by atoms with E-state index in [1.807, 2.05) is 18.2 Å². The van der Waals surface area contributed by atoms with Gasteiger partial charge in [0.05, 0.1) is 12.6 Å². The largest absolute Gasteiger partial charge is 0.494 e. The number of anilines is 1. The third-order valence-corrected chi connectivity index (χ3v) is 2.98. The predicted molar refractivity (Wildman–Crippen MR) is 76.5 cm³/mol. The highest BCUT2D eigenvalue weighted by Gasteiger charge is 2.08. The Morgan fingerprint density at radius 3 is 3.11 bits per heavy atom. The molecule has 0 amide bonds. The normalized spacial score (nSPS) is 10.6. The number of imidazole rings is 2. The van der Waals surface area contributed by atoms with E-state index in [1.54, 1.807) is 30.4 Å². The third kappa shape index (κ3) is 2.15. The lowest BCUT2D eigenvalue weighted by Crippen LogP contribution is -2.18. The average molecular weight is 273 g/mol. The molecule has 1 aromatic carbocycles. The summed E-state index contributed by atoms with van der Waals surface area (Å²) in [6, 6.07) is 5.66. The van der Waals surface area contributed by atoms with E-state index in [2.05, 4.69) is 20.3 Å². The Hall–Kier alpha value is -2.41. The molecule has 0 saturated heterocycles. The van der Waals surface area contributed by atoms with Crippen molar-refractivity contribution in [1.29, 1.82) is 0 Å². The molecule has 96 valence electrons. The van der Waals surface area contributed by atoms with Crippen molar-refractivity contribution >= 4 is 34.3 Å². The lowest BCUT2D eigenvalue weighted by Gasteiger charge is -2.04. The highest BCUT2D eigenvalue weighted by molar-refractivity contribution is 7.80. The molecule has 0 radical (unpaired) electrons. The van der Waals surface area contributed by atoms with Crippen molar-refractivity contribution in [2.24, 2.45) is 0 Å². The van der Waals surface area contributed by atoms with Crippen LogP contribution in [0.5, 0.6) is 5.75 Å². The minimum absolute atomic E-state index is 0.496. The summed E-state index contributed by atoms with van der Waals surface area (Å²) >= 11 is 5.24. The second-order valence-electron chi connectivity index (χ2n) is 3.84. The van der Waals surface area contributed by atoms with Crippen LogP contribution in [0.1, 0.15) is 0 Å². The zero-order valence-electron chi connectivity index (χ0n) is 10.1. The number of para-hydroxylation sites is 1. The summed E-state index contributed by atoms with van der Waals surface area (Å²) < 4.78 is 6.97. The lowest BCUT2D eigenvalue weighted by atomic mass is 10.3. The van der Waals surface area contributed by atoms with Gasteiger partial charge in [-0.3, -0.25) is 4.57 Å². The van der Waals surface area contributed by atoms with Crippen molar-refractivity contribution in [2.75, 3.05) is 12.4 Å². The van der Waals surface area contributed by atoms with Crippen molar-refractivity contribution < 1.29 is 4.74 Å². The van der Waals surface area contributed by atoms with Crippen LogP contribution in [-0.2, 0) is 0 Å².